The molecule has 0 nitrogen and oxygen atoms in total. The molecule has 1 atom stereocenters. The lowest BCUT2D eigenvalue weighted by molar-refractivity contribution is 0.368. The molecule has 0 saturated heterocycles. The molecule has 0 spiro atoms. The summed E-state index contributed by atoms with van der Waals surface area (Å²) in [6, 6.07) is 0. The molecule has 1 unspecified atom stereocenters. The van der Waals surface area contributed by atoms with Gasteiger partial charge in [-0.1, -0.05) is 233 Å². The van der Waals surface area contributed by atoms with Crippen molar-refractivity contribution in [2.24, 2.45) is 5.92 Å². The van der Waals surface area contributed by atoms with Gasteiger partial charge in [0.05, 0.1) is 0 Å². The molecule has 223 valence electrons. The molecule has 0 aromatic heterocycles. The Bertz CT molecular complexity index is 372. The lowest BCUT2D eigenvalue weighted by atomic mass is 9.89. The highest BCUT2D eigenvalue weighted by atomic mass is 14.1. The van der Waals surface area contributed by atoms with Crippen molar-refractivity contribution in [1.29, 1.82) is 0 Å². The van der Waals surface area contributed by atoms with E-state index < -0.39 is 0 Å². The van der Waals surface area contributed by atoms with Gasteiger partial charge >= 0.3 is 0 Å². The fourth-order valence-electron chi connectivity index (χ4n) is 6.12. The van der Waals surface area contributed by atoms with E-state index in [-0.39, 0.29) is 0 Å². The summed E-state index contributed by atoms with van der Waals surface area (Å²) in [6.45, 7) is 8.68. The van der Waals surface area contributed by atoms with Crippen molar-refractivity contribution in [1.82, 2.24) is 0 Å². The van der Waals surface area contributed by atoms with Crippen molar-refractivity contribution >= 4 is 0 Å². The fourth-order valence-corrected chi connectivity index (χ4v) is 6.12. The Labute approximate surface area is 238 Å². The highest BCUT2D eigenvalue weighted by Gasteiger charge is 2.08. The molecule has 0 aliphatic carbocycles. The maximum absolute atomic E-state index is 4.05. The van der Waals surface area contributed by atoms with Crippen LogP contribution in [-0.4, -0.2) is 0 Å². The van der Waals surface area contributed by atoms with Gasteiger partial charge < -0.3 is 0 Å². The molecule has 0 saturated carbocycles. The monoisotopic (exact) mass is 520 g/mol. The quantitative estimate of drug-likeness (QED) is 0.0756. The molecular formula is C37H75. The predicted octanol–water partition coefficient (Wildman–Crippen LogP) is 14.3. The minimum absolute atomic E-state index is 1.01. The first-order valence-corrected chi connectivity index (χ1v) is 18.1. The SMILES string of the molecule is [CH2]CCCCC(CCCCCCCCC)CCCCCCCCCCCCCCCCCCCCCC. The first kappa shape index (κ1) is 37.0. The third kappa shape index (κ3) is 32.1. The summed E-state index contributed by atoms with van der Waals surface area (Å²) in [6.07, 6.45) is 48.1. The van der Waals surface area contributed by atoms with E-state index in [0.29, 0.717) is 0 Å². The van der Waals surface area contributed by atoms with Crippen molar-refractivity contribution in [3.63, 3.8) is 0 Å². The van der Waals surface area contributed by atoms with Gasteiger partial charge in [0.2, 0.25) is 0 Å². The van der Waals surface area contributed by atoms with E-state index >= 15 is 0 Å². The van der Waals surface area contributed by atoms with Gasteiger partial charge in [0.25, 0.3) is 0 Å². The molecule has 0 heteroatoms. The maximum Gasteiger partial charge on any atom is -0.0414 e. The van der Waals surface area contributed by atoms with Crippen LogP contribution in [0.15, 0.2) is 0 Å². The average Bonchev–Trinajstić information content (AvgIpc) is 2.91. The van der Waals surface area contributed by atoms with Crippen LogP contribution in [0, 0.1) is 12.8 Å². The van der Waals surface area contributed by atoms with Gasteiger partial charge in [-0.2, -0.15) is 0 Å². The van der Waals surface area contributed by atoms with Crippen molar-refractivity contribution in [3.8, 4) is 0 Å². The number of hydrogen-bond acceptors (Lipinski definition) is 0. The van der Waals surface area contributed by atoms with Crippen LogP contribution in [0.5, 0.6) is 0 Å². The van der Waals surface area contributed by atoms with Crippen LogP contribution in [0.1, 0.15) is 226 Å². The highest BCUT2D eigenvalue weighted by Crippen LogP contribution is 2.24. The van der Waals surface area contributed by atoms with Gasteiger partial charge in [0.15, 0.2) is 0 Å². The molecular weight excluding hydrogens is 444 g/mol. The molecule has 0 aromatic rings. The Morgan fingerprint density at radius 1 is 0.297 bits per heavy atom. The third-order valence-corrected chi connectivity index (χ3v) is 8.79. The average molecular weight is 520 g/mol. The van der Waals surface area contributed by atoms with E-state index in [1.807, 2.05) is 0 Å². The Hall–Kier alpha value is 0. The van der Waals surface area contributed by atoms with Gasteiger partial charge in [-0.25, -0.2) is 0 Å². The van der Waals surface area contributed by atoms with Crippen LogP contribution in [0.25, 0.3) is 0 Å². The molecule has 0 aliphatic heterocycles. The zero-order valence-corrected chi connectivity index (χ0v) is 26.6. The summed E-state index contributed by atoms with van der Waals surface area (Å²) >= 11 is 0. The van der Waals surface area contributed by atoms with Gasteiger partial charge in [-0.05, 0) is 5.92 Å². The summed E-state index contributed by atoms with van der Waals surface area (Å²) in [5.41, 5.74) is 0. The fraction of sp³-hybridized carbons (Fsp3) is 0.973. The molecule has 0 rings (SSSR count). The number of rotatable bonds is 33. The smallest absolute Gasteiger partial charge is 0.0414 e. The molecule has 37 heavy (non-hydrogen) atoms. The minimum atomic E-state index is 1.01. The molecule has 0 N–H and O–H groups in total. The molecule has 0 aliphatic rings. The van der Waals surface area contributed by atoms with Crippen LogP contribution in [0.3, 0.4) is 0 Å². The summed E-state index contributed by atoms with van der Waals surface area (Å²) in [5, 5.41) is 0. The van der Waals surface area contributed by atoms with Gasteiger partial charge in [0, 0.05) is 0 Å². The third-order valence-electron chi connectivity index (χ3n) is 8.79. The van der Waals surface area contributed by atoms with E-state index in [1.165, 1.54) is 205 Å². The molecule has 0 heterocycles. The van der Waals surface area contributed by atoms with Crippen LogP contribution in [0.2, 0.25) is 0 Å². The zero-order chi connectivity index (χ0) is 26.9. The maximum atomic E-state index is 4.05. The van der Waals surface area contributed by atoms with Gasteiger partial charge in [-0.15, -0.1) is 0 Å². The van der Waals surface area contributed by atoms with E-state index in [2.05, 4.69) is 20.8 Å². The largest absolute Gasteiger partial charge is 0.0654 e. The van der Waals surface area contributed by atoms with Crippen molar-refractivity contribution in [3.05, 3.63) is 6.92 Å². The standard InChI is InChI=1S/C37H75/c1-4-7-10-12-14-15-16-17-18-19-20-21-22-23-24-25-26-28-30-33-36-37(34-31-9-6-3)35-32-29-27-13-11-8-5-2/h37H,3-36H2,1-2H3. The van der Waals surface area contributed by atoms with E-state index in [9.17, 15) is 0 Å². The van der Waals surface area contributed by atoms with Crippen LogP contribution in [-0.2, 0) is 0 Å². The zero-order valence-electron chi connectivity index (χ0n) is 26.6. The normalized spacial score (nSPS) is 12.4. The van der Waals surface area contributed by atoms with Crippen LogP contribution >= 0.6 is 0 Å². The summed E-state index contributed by atoms with van der Waals surface area (Å²) in [4.78, 5) is 0. The first-order chi connectivity index (χ1) is 18.3. The van der Waals surface area contributed by atoms with Gasteiger partial charge in [-0.3, -0.25) is 0 Å². The van der Waals surface area contributed by atoms with E-state index in [0.717, 1.165) is 12.3 Å². The van der Waals surface area contributed by atoms with Crippen molar-refractivity contribution in [2.75, 3.05) is 0 Å². The topological polar surface area (TPSA) is 0 Å². The van der Waals surface area contributed by atoms with Crippen LogP contribution in [0.4, 0.5) is 0 Å². The summed E-state index contributed by atoms with van der Waals surface area (Å²) < 4.78 is 0. The second kappa shape index (κ2) is 34.0. The second-order valence-electron chi connectivity index (χ2n) is 12.6. The molecule has 1 radical (unpaired) electrons. The Balaban J connectivity index is 3.42. The second-order valence-corrected chi connectivity index (χ2v) is 12.6. The Morgan fingerprint density at radius 2 is 0.514 bits per heavy atom. The van der Waals surface area contributed by atoms with Crippen molar-refractivity contribution in [2.45, 2.75) is 226 Å². The Morgan fingerprint density at radius 3 is 0.757 bits per heavy atom. The highest BCUT2D eigenvalue weighted by molar-refractivity contribution is 4.62. The van der Waals surface area contributed by atoms with Crippen molar-refractivity contribution < 1.29 is 0 Å². The predicted molar refractivity (Wildman–Crippen MR) is 173 cm³/mol. The molecule has 0 aromatic carbocycles. The molecule has 0 fully saturated rings. The minimum Gasteiger partial charge on any atom is -0.0654 e. The van der Waals surface area contributed by atoms with Crippen LogP contribution < -0.4 is 0 Å². The van der Waals surface area contributed by atoms with Gasteiger partial charge in [0.1, 0.15) is 0 Å². The summed E-state index contributed by atoms with van der Waals surface area (Å²) in [7, 11) is 0. The van der Waals surface area contributed by atoms with E-state index in [4.69, 9.17) is 0 Å². The number of unbranched alkanes of at least 4 members (excludes halogenated alkanes) is 27. The lowest BCUT2D eigenvalue weighted by Crippen LogP contribution is -2.01. The lowest BCUT2D eigenvalue weighted by Gasteiger charge is -2.17. The molecule has 0 bridgehead atoms. The molecule has 0 amide bonds. The van der Waals surface area contributed by atoms with E-state index in [1.54, 1.807) is 0 Å². The number of hydrogen-bond donors (Lipinski definition) is 0. The Kier molecular flexibility index (Phi) is 34.0. The summed E-state index contributed by atoms with van der Waals surface area (Å²) in [5.74, 6) is 1.01. The first-order valence-electron chi connectivity index (χ1n) is 18.1.